The number of amides is 1. The van der Waals surface area contributed by atoms with Crippen molar-refractivity contribution >= 4 is 34.7 Å². The van der Waals surface area contributed by atoms with Crippen molar-refractivity contribution in [3.8, 4) is 0 Å². The molecule has 0 bridgehead atoms. The van der Waals surface area contributed by atoms with Crippen molar-refractivity contribution in [2.45, 2.75) is 19.0 Å². The summed E-state index contributed by atoms with van der Waals surface area (Å²) in [5.74, 6) is -0.446. The maximum atomic E-state index is 13.1. The van der Waals surface area contributed by atoms with Gasteiger partial charge in [-0.05, 0) is 31.0 Å². The van der Waals surface area contributed by atoms with E-state index in [0.29, 0.717) is 31.3 Å². The lowest BCUT2D eigenvalue weighted by Gasteiger charge is -2.33. The highest BCUT2D eigenvalue weighted by molar-refractivity contribution is 6.31. The first-order chi connectivity index (χ1) is 13.7. The van der Waals surface area contributed by atoms with Crippen LogP contribution < -0.4 is 10.2 Å². The average molecular weight is 429 g/mol. The van der Waals surface area contributed by atoms with Crippen molar-refractivity contribution in [1.29, 1.82) is 0 Å². The fourth-order valence-corrected chi connectivity index (χ4v) is 3.51. The summed E-state index contributed by atoms with van der Waals surface area (Å²) in [4.78, 5) is 28.6. The number of alkyl halides is 3. The topological polar surface area (TPSA) is 88.4 Å². The Bertz CT molecular complexity index is 925. The second-order valence-corrected chi connectivity index (χ2v) is 6.97. The second-order valence-electron chi connectivity index (χ2n) is 6.57. The average Bonchev–Trinajstić information content (AvgIpc) is 2.67. The number of carbonyl (C=O) groups is 1. The van der Waals surface area contributed by atoms with Crippen LogP contribution in [0.15, 0.2) is 36.5 Å². The maximum absolute atomic E-state index is 13.1. The van der Waals surface area contributed by atoms with Crippen molar-refractivity contribution in [2.24, 2.45) is 5.92 Å². The van der Waals surface area contributed by atoms with Gasteiger partial charge in [0.15, 0.2) is 0 Å². The standard InChI is InChI=1S/C18H16ClF3N4O3/c19-13-9-14(15(26(28)29)8-12(13)18(20,21)22)25-7-3-4-11(10-25)17(27)24-16-5-1-2-6-23-16/h1-2,5-6,8-9,11H,3-4,7,10H2,(H,23,24,27). The number of halogens is 4. The van der Waals surface area contributed by atoms with Crippen LogP contribution in [0.1, 0.15) is 18.4 Å². The molecule has 3 rings (SSSR count). The quantitative estimate of drug-likeness (QED) is 0.571. The van der Waals surface area contributed by atoms with E-state index < -0.39 is 33.3 Å². The molecule has 154 valence electrons. The molecule has 1 aliphatic heterocycles. The van der Waals surface area contributed by atoms with Crippen LogP contribution in [-0.2, 0) is 11.0 Å². The van der Waals surface area contributed by atoms with E-state index in [1.54, 1.807) is 18.2 Å². The highest BCUT2D eigenvalue weighted by Crippen LogP contribution is 2.42. The van der Waals surface area contributed by atoms with Gasteiger partial charge in [0, 0.05) is 25.4 Å². The third-order valence-electron chi connectivity index (χ3n) is 4.62. The van der Waals surface area contributed by atoms with Gasteiger partial charge in [-0.3, -0.25) is 14.9 Å². The van der Waals surface area contributed by atoms with Gasteiger partial charge in [0.2, 0.25) is 5.91 Å². The number of hydrogen-bond acceptors (Lipinski definition) is 5. The normalized spacial score (nSPS) is 17.1. The molecule has 1 aromatic heterocycles. The molecule has 1 fully saturated rings. The monoisotopic (exact) mass is 428 g/mol. The molecule has 1 aliphatic rings. The maximum Gasteiger partial charge on any atom is 0.418 e. The Morgan fingerprint density at radius 3 is 2.72 bits per heavy atom. The lowest BCUT2D eigenvalue weighted by Crippen LogP contribution is -2.41. The third kappa shape index (κ3) is 4.76. The first kappa shape index (κ1) is 20.8. The number of hydrogen-bond donors (Lipinski definition) is 1. The van der Waals surface area contributed by atoms with Crippen LogP contribution in [0.3, 0.4) is 0 Å². The lowest BCUT2D eigenvalue weighted by molar-refractivity contribution is -0.384. The van der Waals surface area contributed by atoms with Gasteiger partial charge in [-0.15, -0.1) is 0 Å². The van der Waals surface area contributed by atoms with E-state index in [4.69, 9.17) is 11.6 Å². The fraction of sp³-hybridized carbons (Fsp3) is 0.333. The number of rotatable bonds is 4. The van der Waals surface area contributed by atoms with Crippen LogP contribution >= 0.6 is 11.6 Å². The molecule has 0 aliphatic carbocycles. The van der Waals surface area contributed by atoms with Crippen molar-refractivity contribution in [1.82, 2.24) is 4.98 Å². The number of anilines is 2. The number of nitrogens with zero attached hydrogens (tertiary/aromatic N) is 3. The third-order valence-corrected chi connectivity index (χ3v) is 4.93. The van der Waals surface area contributed by atoms with Gasteiger partial charge in [-0.1, -0.05) is 17.7 Å². The van der Waals surface area contributed by atoms with Crippen molar-refractivity contribution in [3.63, 3.8) is 0 Å². The minimum atomic E-state index is -4.81. The van der Waals surface area contributed by atoms with E-state index in [1.807, 2.05) is 0 Å². The van der Waals surface area contributed by atoms with Gasteiger partial charge in [-0.25, -0.2) is 4.98 Å². The molecule has 1 atom stereocenters. The van der Waals surface area contributed by atoms with Gasteiger partial charge in [0.05, 0.1) is 21.4 Å². The molecule has 11 heteroatoms. The lowest BCUT2D eigenvalue weighted by atomic mass is 9.96. The summed E-state index contributed by atoms with van der Waals surface area (Å²) in [6.45, 7) is 0.469. The number of carbonyl (C=O) groups excluding carboxylic acids is 1. The van der Waals surface area contributed by atoms with Gasteiger partial charge < -0.3 is 10.2 Å². The molecule has 0 saturated carbocycles. The molecule has 0 spiro atoms. The summed E-state index contributed by atoms with van der Waals surface area (Å²) >= 11 is 5.76. The number of pyridine rings is 1. The van der Waals surface area contributed by atoms with E-state index in [9.17, 15) is 28.1 Å². The molecule has 1 N–H and O–H groups in total. The molecule has 1 aromatic carbocycles. The molecule has 2 heterocycles. The Morgan fingerprint density at radius 1 is 1.34 bits per heavy atom. The van der Waals surface area contributed by atoms with Crippen molar-refractivity contribution in [3.05, 3.63) is 57.2 Å². The van der Waals surface area contributed by atoms with E-state index >= 15 is 0 Å². The molecular weight excluding hydrogens is 413 g/mol. The molecular formula is C18H16ClF3N4O3. The first-order valence-electron chi connectivity index (χ1n) is 8.69. The Labute approximate surface area is 168 Å². The van der Waals surface area contributed by atoms with Crippen LogP contribution in [-0.4, -0.2) is 28.9 Å². The number of benzene rings is 1. The van der Waals surface area contributed by atoms with Crippen LogP contribution in [0, 0.1) is 16.0 Å². The Morgan fingerprint density at radius 2 is 2.10 bits per heavy atom. The number of nitro benzene ring substituents is 1. The smallest absolute Gasteiger partial charge is 0.365 e. The zero-order valence-electron chi connectivity index (χ0n) is 14.9. The summed E-state index contributed by atoms with van der Waals surface area (Å²) in [6, 6.07) is 6.42. The SMILES string of the molecule is O=C(Nc1ccccn1)C1CCCN(c2cc(Cl)c(C(F)(F)F)cc2[N+](=O)[O-])C1. The molecule has 2 aromatic rings. The van der Waals surface area contributed by atoms with Crippen LogP contribution in [0.2, 0.25) is 5.02 Å². The summed E-state index contributed by atoms with van der Waals surface area (Å²) in [6.07, 6.45) is -2.21. The predicted molar refractivity (Wildman–Crippen MR) is 101 cm³/mol. The summed E-state index contributed by atoms with van der Waals surface area (Å²) in [7, 11) is 0. The van der Waals surface area contributed by atoms with Gasteiger partial charge in [-0.2, -0.15) is 13.2 Å². The highest BCUT2D eigenvalue weighted by atomic mass is 35.5. The molecule has 1 unspecified atom stereocenters. The van der Waals surface area contributed by atoms with Crippen molar-refractivity contribution < 1.29 is 22.9 Å². The molecule has 7 nitrogen and oxygen atoms in total. The van der Waals surface area contributed by atoms with Crippen LogP contribution in [0.5, 0.6) is 0 Å². The minimum Gasteiger partial charge on any atom is -0.365 e. The Hall–Kier alpha value is -2.88. The van der Waals surface area contributed by atoms with Crippen molar-refractivity contribution in [2.75, 3.05) is 23.3 Å². The Balaban J connectivity index is 1.85. The number of nitrogens with one attached hydrogen (secondary N) is 1. The first-order valence-corrected chi connectivity index (χ1v) is 9.06. The highest BCUT2D eigenvalue weighted by Gasteiger charge is 2.37. The zero-order chi connectivity index (χ0) is 21.2. The molecule has 1 amide bonds. The van der Waals surface area contributed by atoms with Gasteiger partial charge in [0.1, 0.15) is 11.5 Å². The van der Waals surface area contributed by atoms with Crippen LogP contribution in [0.4, 0.5) is 30.4 Å². The molecule has 1 saturated heterocycles. The van der Waals surface area contributed by atoms with E-state index in [-0.39, 0.29) is 18.1 Å². The largest absolute Gasteiger partial charge is 0.418 e. The summed E-state index contributed by atoms with van der Waals surface area (Å²) in [5, 5.41) is 13.4. The van der Waals surface area contributed by atoms with E-state index in [1.165, 1.54) is 11.1 Å². The summed E-state index contributed by atoms with van der Waals surface area (Å²) < 4.78 is 39.2. The van der Waals surface area contributed by atoms with Gasteiger partial charge in [0.25, 0.3) is 5.69 Å². The number of aromatic nitrogens is 1. The van der Waals surface area contributed by atoms with Gasteiger partial charge >= 0.3 is 6.18 Å². The molecule has 0 radical (unpaired) electrons. The number of piperidine rings is 1. The molecule has 29 heavy (non-hydrogen) atoms. The minimum absolute atomic E-state index is 0.0386. The summed E-state index contributed by atoms with van der Waals surface area (Å²) in [5.41, 5.74) is -2.01. The van der Waals surface area contributed by atoms with Crippen LogP contribution in [0.25, 0.3) is 0 Å². The predicted octanol–water partition coefficient (Wildman–Crippen LogP) is 4.52. The van der Waals surface area contributed by atoms with E-state index in [0.717, 1.165) is 6.07 Å². The fourth-order valence-electron chi connectivity index (χ4n) is 3.24. The second kappa shape index (κ2) is 8.24. The Kier molecular flexibility index (Phi) is 5.92. The van der Waals surface area contributed by atoms with E-state index in [2.05, 4.69) is 10.3 Å². The number of nitro groups is 1. The zero-order valence-corrected chi connectivity index (χ0v) is 15.7.